The molecule has 3 aliphatic rings. The summed E-state index contributed by atoms with van der Waals surface area (Å²) in [5.41, 5.74) is 1.35. The number of hydrogen-bond acceptors (Lipinski definition) is 5. The van der Waals surface area contributed by atoms with Gasteiger partial charge in [-0.05, 0) is 48.9 Å². The fourth-order valence-corrected chi connectivity index (χ4v) is 7.18. The maximum Gasteiger partial charge on any atom is 0.349 e. The molecule has 1 aliphatic heterocycles. The maximum absolute atomic E-state index is 13.2. The van der Waals surface area contributed by atoms with Gasteiger partial charge in [-0.1, -0.05) is 56.1 Å². The zero-order valence-corrected chi connectivity index (χ0v) is 20.4. The Hall–Kier alpha value is -2.19. The van der Waals surface area contributed by atoms with Gasteiger partial charge in [-0.15, -0.1) is 0 Å². The Balaban J connectivity index is 1.29. The molecule has 2 amide bonds. The highest BCUT2D eigenvalue weighted by molar-refractivity contribution is 9.12. The number of para-hydroxylation sites is 1. The molecule has 0 N–H and O–H groups in total. The molecule has 2 aliphatic carbocycles. The summed E-state index contributed by atoms with van der Waals surface area (Å²) in [5.74, 6) is -0.306. The van der Waals surface area contributed by atoms with E-state index in [0.717, 1.165) is 12.0 Å². The van der Waals surface area contributed by atoms with Crippen LogP contribution in [-0.4, -0.2) is 34.0 Å². The fraction of sp³-hybridized carbons (Fsp3) is 0.375. The van der Waals surface area contributed by atoms with Gasteiger partial charge < -0.3 is 9.47 Å². The molecule has 0 unspecified atom stereocenters. The lowest BCUT2D eigenvalue weighted by Crippen LogP contribution is -2.37. The lowest BCUT2D eigenvalue weighted by molar-refractivity contribution is -0.136. The van der Waals surface area contributed by atoms with Gasteiger partial charge in [0.1, 0.15) is 11.5 Å². The fourth-order valence-electron chi connectivity index (χ4n) is 5.31. The number of imide groups is 1. The number of amides is 2. The number of fused-ring (bicyclic) bond motifs is 5. The summed E-state index contributed by atoms with van der Waals surface area (Å²) in [6.07, 6.45) is 0.880. The smallest absolute Gasteiger partial charge is 0.349 e. The highest BCUT2D eigenvalue weighted by Crippen LogP contribution is 2.60. The maximum atomic E-state index is 13.2. The highest BCUT2D eigenvalue weighted by Gasteiger charge is 2.66. The second-order valence-corrected chi connectivity index (χ2v) is 10.7. The Morgan fingerprint density at radius 3 is 2.31 bits per heavy atom. The number of aryl methyl sites for hydroxylation is 1. The highest BCUT2D eigenvalue weighted by atomic mass is 79.9. The first-order valence-corrected chi connectivity index (χ1v) is 12.3. The van der Waals surface area contributed by atoms with Crippen LogP contribution in [0.15, 0.2) is 48.5 Å². The van der Waals surface area contributed by atoms with E-state index in [0.29, 0.717) is 11.4 Å². The van der Waals surface area contributed by atoms with Crippen LogP contribution in [0.3, 0.4) is 0 Å². The van der Waals surface area contributed by atoms with Gasteiger partial charge >= 0.3 is 5.97 Å². The summed E-state index contributed by atoms with van der Waals surface area (Å²) >= 11 is 7.39. The van der Waals surface area contributed by atoms with Gasteiger partial charge in [0.05, 0.1) is 17.5 Å². The number of carbonyl (C=O) groups excluding carboxylic acids is 3. The standard InChI is InChI=1S/C24H21Br2NO5/c1-12-5-2-3-8-17(12)31-11-18(28)32-14-7-4-6-13(9-14)27-23(29)19-15-10-16(20(19)24(27)30)22(26)21(15)25/h2-9,15-16,19-22H,10-11H2,1H3/t15-,16-,19-,20-,21-,22+/m0/s1. The van der Waals surface area contributed by atoms with Gasteiger partial charge in [0, 0.05) is 15.7 Å². The van der Waals surface area contributed by atoms with Gasteiger partial charge in [-0.3, -0.25) is 9.59 Å². The van der Waals surface area contributed by atoms with Crippen molar-refractivity contribution in [3.63, 3.8) is 0 Å². The van der Waals surface area contributed by atoms with Gasteiger partial charge in [0.2, 0.25) is 11.8 Å². The minimum absolute atomic E-state index is 0.149. The molecule has 2 aromatic rings. The number of ether oxygens (including phenoxy) is 2. The average Bonchev–Trinajstić information content (AvgIpc) is 3.38. The van der Waals surface area contributed by atoms with Crippen LogP contribution in [0.1, 0.15) is 12.0 Å². The van der Waals surface area contributed by atoms with Crippen LogP contribution in [-0.2, 0) is 14.4 Å². The summed E-state index contributed by atoms with van der Waals surface area (Å²) in [6.45, 7) is 1.65. The van der Waals surface area contributed by atoms with Gasteiger partial charge in [-0.25, -0.2) is 9.69 Å². The number of carbonyl (C=O) groups is 3. The van der Waals surface area contributed by atoms with Crippen molar-refractivity contribution in [2.45, 2.75) is 23.0 Å². The Morgan fingerprint density at radius 1 is 1.00 bits per heavy atom. The summed E-state index contributed by atoms with van der Waals surface area (Å²) in [6, 6.07) is 13.9. The summed E-state index contributed by atoms with van der Waals surface area (Å²) in [7, 11) is 0. The molecule has 0 radical (unpaired) electrons. The third-order valence-electron chi connectivity index (χ3n) is 6.73. The molecular weight excluding hydrogens is 542 g/mol. The third kappa shape index (κ3) is 3.48. The third-order valence-corrected chi connectivity index (χ3v) is 9.94. The van der Waals surface area contributed by atoms with E-state index in [4.69, 9.17) is 9.47 Å². The molecular formula is C24H21Br2NO5. The largest absolute Gasteiger partial charge is 0.482 e. The molecule has 2 saturated carbocycles. The number of alkyl halides is 2. The molecule has 32 heavy (non-hydrogen) atoms. The zero-order chi connectivity index (χ0) is 22.6. The van der Waals surface area contributed by atoms with E-state index in [-0.39, 0.29) is 57.5 Å². The topological polar surface area (TPSA) is 72.9 Å². The van der Waals surface area contributed by atoms with Crippen molar-refractivity contribution in [3.8, 4) is 11.5 Å². The first-order valence-electron chi connectivity index (χ1n) is 10.5. The number of hydrogen-bond donors (Lipinski definition) is 0. The minimum atomic E-state index is -0.566. The molecule has 1 heterocycles. The monoisotopic (exact) mass is 561 g/mol. The van der Waals surface area contributed by atoms with Crippen LogP contribution < -0.4 is 14.4 Å². The summed E-state index contributed by atoms with van der Waals surface area (Å²) in [5, 5.41) is 0. The first kappa shape index (κ1) is 21.6. The SMILES string of the molecule is Cc1ccccc1OCC(=O)Oc1cccc(N2C(=O)[C@H]3[C@@H]4C[C@H]([C@@H](Br)[C@H]4Br)[C@@H]3C2=O)c1. The van der Waals surface area contributed by atoms with E-state index in [1.54, 1.807) is 30.3 Å². The number of halogens is 2. The first-order chi connectivity index (χ1) is 15.4. The molecule has 6 nitrogen and oxygen atoms in total. The molecule has 3 fully saturated rings. The minimum Gasteiger partial charge on any atom is -0.482 e. The van der Waals surface area contributed by atoms with Gasteiger partial charge in [0.25, 0.3) is 0 Å². The van der Waals surface area contributed by atoms with Crippen LogP contribution in [0, 0.1) is 30.6 Å². The van der Waals surface area contributed by atoms with E-state index < -0.39 is 5.97 Å². The molecule has 2 aromatic carbocycles. The molecule has 1 saturated heterocycles. The quantitative estimate of drug-likeness (QED) is 0.236. The Bertz CT molecular complexity index is 1070. The number of benzene rings is 2. The predicted molar refractivity (Wildman–Crippen MR) is 125 cm³/mol. The van der Waals surface area contributed by atoms with E-state index in [9.17, 15) is 14.4 Å². The second-order valence-electron chi connectivity index (χ2n) is 8.54. The van der Waals surface area contributed by atoms with Crippen molar-refractivity contribution >= 4 is 55.3 Å². The van der Waals surface area contributed by atoms with Crippen LogP contribution in [0.25, 0.3) is 0 Å². The van der Waals surface area contributed by atoms with Crippen molar-refractivity contribution in [1.29, 1.82) is 0 Å². The molecule has 2 bridgehead atoms. The van der Waals surface area contributed by atoms with E-state index in [1.165, 1.54) is 4.90 Å². The van der Waals surface area contributed by atoms with Crippen molar-refractivity contribution in [1.82, 2.24) is 0 Å². The van der Waals surface area contributed by atoms with Crippen molar-refractivity contribution in [2.75, 3.05) is 11.5 Å². The van der Waals surface area contributed by atoms with E-state index >= 15 is 0 Å². The molecule has 8 heteroatoms. The molecule has 6 atom stereocenters. The van der Waals surface area contributed by atoms with Crippen LogP contribution in [0.4, 0.5) is 5.69 Å². The van der Waals surface area contributed by atoms with Crippen molar-refractivity contribution in [2.24, 2.45) is 23.7 Å². The van der Waals surface area contributed by atoms with E-state index in [1.807, 2.05) is 25.1 Å². The number of esters is 1. The van der Waals surface area contributed by atoms with Crippen molar-refractivity contribution in [3.05, 3.63) is 54.1 Å². The zero-order valence-electron chi connectivity index (χ0n) is 17.2. The van der Waals surface area contributed by atoms with Crippen LogP contribution >= 0.6 is 31.9 Å². The normalized spacial score (nSPS) is 30.5. The summed E-state index contributed by atoms with van der Waals surface area (Å²) in [4.78, 5) is 40.3. The van der Waals surface area contributed by atoms with Crippen molar-refractivity contribution < 1.29 is 23.9 Å². The van der Waals surface area contributed by atoms with Crippen LogP contribution in [0.2, 0.25) is 0 Å². The van der Waals surface area contributed by atoms with Gasteiger partial charge in [-0.2, -0.15) is 0 Å². The van der Waals surface area contributed by atoms with Gasteiger partial charge in [0.15, 0.2) is 6.61 Å². The Labute approximate surface area is 202 Å². The predicted octanol–water partition coefficient (Wildman–Crippen LogP) is 4.26. The number of anilines is 1. The molecule has 166 valence electrons. The Kier molecular flexibility index (Phi) is 5.61. The second kappa shape index (κ2) is 8.30. The summed E-state index contributed by atoms with van der Waals surface area (Å²) < 4.78 is 10.9. The lowest BCUT2D eigenvalue weighted by atomic mass is 9.81. The van der Waals surface area contributed by atoms with Crippen LogP contribution in [0.5, 0.6) is 11.5 Å². The number of rotatable bonds is 5. The molecule has 5 rings (SSSR count). The lowest BCUT2D eigenvalue weighted by Gasteiger charge is -2.28. The Morgan fingerprint density at radius 2 is 1.66 bits per heavy atom. The van der Waals surface area contributed by atoms with E-state index in [2.05, 4.69) is 31.9 Å². The molecule has 0 aromatic heterocycles. The molecule has 0 spiro atoms. The number of nitrogens with zero attached hydrogens (tertiary/aromatic N) is 1. The average molecular weight is 563 g/mol.